The maximum atomic E-state index is 12.1. The van der Waals surface area contributed by atoms with Crippen molar-refractivity contribution in [3.05, 3.63) is 35.9 Å². The number of benzene rings is 1. The molecule has 1 aliphatic rings. The van der Waals surface area contributed by atoms with Crippen molar-refractivity contribution in [3.63, 3.8) is 0 Å². The van der Waals surface area contributed by atoms with E-state index in [1.54, 1.807) is 25.8 Å². The first-order chi connectivity index (χ1) is 10.3. The molecule has 0 atom stereocenters. The third-order valence-electron chi connectivity index (χ3n) is 4.30. The SMILES string of the molecule is CN(CC(C)(C)O)C(=O)NC1CCC(c2ccccc2)CC1. The second-order valence-electron chi connectivity index (χ2n) is 7.08. The van der Waals surface area contributed by atoms with Crippen LogP contribution in [-0.2, 0) is 0 Å². The zero-order chi connectivity index (χ0) is 16.2. The average Bonchev–Trinajstić information content (AvgIpc) is 2.47. The van der Waals surface area contributed by atoms with E-state index in [-0.39, 0.29) is 12.1 Å². The standard InChI is InChI=1S/C18H28N2O2/c1-18(2,22)13-20(3)17(21)19-16-11-9-15(10-12-16)14-7-5-4-6-8-14/h4-8,15-16,22H,9-13H2,1-3H3,(H,19,21). The monoisotopic (exact) mass is 304 g/mol. The lowest BCUT2D eigenvalue weighted by molar-refractivity contribution is 0.0525. The summed E-state index contributed by atoms with van der Waals surface area (Å²) in [6, 6.07) is 10.8. The van der Waals surface area contributed by atoms with Crippen LogP contribution in [0, 0.1) is 0 Å². The van der Waals surface area contributed by atoms with Crippen LogP contribution in [0.1, 0.15) is 51.0 Å². The topological polar surface area (TPSA) is 52.6 Å². The van der Waals surface area contributed by atoms with Crippen LogP contribution in [0.2, 0.25) is 0 Å². The van der Waals surface area contributed by atoms with E-state index >= 15 is 0 Å². The van der Waals surface area contributed by atoms with E-state index in [4.69, 9.17) is 0 Å². The van der Waals surface area contributed by atoms with Gasteiger partial charge in [0.05, 0.1) is 12.1 Å². The Labute approximate surface area is 133 Å². The lowest BCUT2D eigenvalue weighted by Crippen LogP contribution is -2.48. The number of amides is 2. The first-order valence-corrected chi connectivity index (χ1v) is 8.14. The van der Waals surface area contributed by atoms with Gasteiger partial charge in [-0.2, -0.15) is 0 Å². The number of rotatable bonds is 4. The first kappa shape index (κ1) is 16.8. The van der Waals surface area contributed by atoms with Gasteiger partial charge in [-0.05, 0) is 51.0 Å². The molecular weight excluding hydrogens is 276 g/mol. The molecular formula is C18H28N2O2. The summed E-state index contributed by atoms with van der Waals surface area (Å²) in [5, 5.41) is 12.9. The number of likely N-dealkylation sites (N-methyl/N-ethyl adjacent to an activating group) is 1. The molecule has 0 heterocycles. The Balaban J connectivity index is 1.79. The third kappa shape index (κ3) is 5.02. The minimum Gasteiger partial charge on any atom is -0.389 e. The van der Waals surface area contributed by atoms with E-state index < -0.39 is 5.60 Å². The van der Waals surface area contributed by atoms with Gasteiger partial charge in [0.15, 0.2) is 0 Å². The van der Waals surface area contributed by atoms with E-state index in [1.807, 2.05) is 6.07 Å². The van der Waals surface area contributed by atoms with Crippen molar-refractivity contribution >= 4 is 6.03 Å². The van der Waals surface area contributed by atoms with E-state index in [1.165, 1.54) is 5.56 Å². The number of carbonyl (C=O) groups excluding carboxylic acids is 1. The van der Waals surface area contributed by atoms with Gasteiger partial charge in [0.25, 0.3) is 0 Å². The molecule has 0 bridgehead atoms. The van der Waals surface area contributed by atoms with Gasteiger partial charge >= 0.3 is 6.03 Å². The van der Waals surface area contributed by atoms with Crippen LogP contribution < -0.4 is 5.32 Å². The van der Waals surface area contributed by atoms with Crippen molar-refractivity contribution in [1.29, 1.82) is 0 Å². The molecule has 4 nitrogen and oxygen atoms in total. The number of nitrogens with one attached hydrogen (secondary N) is 1. The number of carbonyl (C=O) groups is 1. The molecule has 4 heteroatoms. The van der Waals surface area contributed by atoms with Crippen molar-refractivity contribution < 1.29 is 9.90 Å². The lowest BCUT2D eigenvalue weighted by Gasteiger charge is -2.32. The fraction of sp³-hybridized carbons (Fsp3) is 0.611. The minimum absolute atomic E-state index is 0.0923. The van der Waals surface area contributed by atoms with Crippen LogP contribution in [0.4, 0.5) is 4.79 Å². The number of urea groups is 1. The highest BCUT2D eigenvalue weighted by Crippen LogP contribution is 2.32. The molecule has 1 fully saturated rings. The summed E-state index contributed by atoms with van der Waals surface area (Å²) < 4.78 is 0. The van der Waals surface area contributed by atoms with Crippen LogP contribution in [0.15, 0.2) is 30.3 Å². The molecule has 1 saturated carbocycles. The molecule has 1 aromatic rings. The highest BCUT2D eigenvalue weighted by Gasteiger charge is 2.25. The number of hydrogen-bond acceptors (Lipinski definition) is 2. The van der Waals surface area contributed by atoms with Gasteiger partial charge in [-0.15, -0.1) is 0 Å². The second kappa shape index (κ2) is 7.14. The van der Waals surface area contributed by atoms with E-state index in [9.17, 15) is 9.90 Å². The molecule has 2 amide bonds. The number of aliphatic hydroxyl groups is 1. The van der Waals surface area contributed by atoms with Crippen molar-refractivity contribution in [2.24, 2.45) is 0 Å². The van der Waals surface area contributed by atoms with E-state index in [0.717, 1.165) is 25.7 Å². The van der Waals surface area contributed by atoms with Crippen LogP contribution >= 0.6 is 0 Å². The van der Waals surface area contributed by atoms with Gasteiger partial charge < -0.3 is 15.3 Å². The van der Waals surface area contributed by atoms with Crippen molar-refractivity contribution in [2.45, 2.75) is 57.1 Å². The number of hydrogen-bond donors (Lipinski definition) is 2. The predicted molar refractivity (Wildman–Crippen MR) is 88.9 cm³/mol. The van der Waals surface area contributed by atoms with Gasteiger partial charge in [-0.1, -0.05) is 30.3 Å². The Morgan fingerprint density at radius 1 is 1.23 bits per heavy atom. The highest BCUT2D eigenvalue weighted by molar-refractivity contribution is 5.74. The lowest BCUT2D eigenvalue weighted by atomic mass is 9.82. The molecule has 1 aromatic carbocycles. The van der Waals surface area contributed by atoms with Crippen molar-refractivity contribution in [1.82, 2.24) is 10.2 Å². The van der Waals surface area contributed by atoms with Gasteiger partial charge in [0.1, 0.15) is 0 Å². The zero-order valence-electron chi connectivity index (χ0n) is 13.9. The van der Waals surface area contributed by atoms with Crippen molar-refractivity contribution in [2.75, 3.05) is 13.6 Å². The summed E-state index contributed by atoms with van der Waals surface area (Å²) in [4.78, 5) is 13.7. The molecule has 0 aliphatic heterocycles. The molecule has 1 aliphatic carbocycles. The summed E-state index contributed by atoms with van der Waals surface area (Å²) >= 11 is 0. The fourth-order valence-electron chi connectivity index (χ4n) is 3.23. The first-order valence-electron chi connectivity index (χ1n) is 8.14. The minimum atomic E-state index is -0.864. The smallest absolute Gasteiger partial charge is 0.317 e. The van der Waals surface area contributed by atoms with Gasteiger partial charge in [0, 0.05) is 13.1 Å². The van der Waals surface area contributed by atoms with E-state index in [2.05, 4.69) is 29.6 Å². The van der Waals surface area contributed by atoms with Gasteiger partial charge in [0.2, 0.25) is 0 Å². The molecule has 122 valence electrons. The quantitative estimate of drug-likeness (QED) is 0.898. The summed E-state index contributed by atoms with van der Waals surface area (Å²) in [7, 11) is 1.73. The zero-order valence-corrected chi connectivity index (χ0v) is 13.9. The van der Waals surface area contributed by atoms with Crippen LogP contribution in [0.25, 0.3) is 0 Å². The Morgan fingerprint density at radius 2 is 1.82 bits per heavy atom. The van der Waals surface area contributed by atoms with Gasteiger partial charge in [-0.3, -0.25) is 0 Å². The Morgan fingerprint density at radius 3 is 2.36 bits per heavy atom. The second-order valence-corrected chi connectivity index (χ2v) is 7.08. The molecule has 0 aromatic heterocycles. The van der Waals surface area contributed by atoms with Crippen LogP contribution in [-0.4, -0.2) is 41.3 Å². The maximum absolute atomic E-state index is 12.1. The summed E-state index contributed by atoms with van der Waals surface area (Å²) in [6.45, 7) is 3.75. The number of nitrogens with zero attached hydrogens (tertiary/aromatic N) is 1. The largest absolute Gasteiger partial charge is 0.389 e. The molecule has 2 rings (SSSR count). The summed E-state index contributed by atoms with van der Waals surface area (Å²) in [5.74, 6) is 0.614. The summed E-state index contributed by atoms with van der Waals surface area (Å²) in [6.07, 6.45) is 4.26. The van der Waals surface area contributed by atoms with Crippen LogP contribution in [0.3, 0.4) is 0 Å². The molecule has 0 spiro atoms. The van der Waals surface area contributed by atoms with E-state index in [0.29, 0.717) is 12.5 Å². The van der Waals surface area contributed by atoms with Crippen LogP contribution in [0.5, 0.6) is 0 Å². The van der Waals surface area contributed by atoms with Crippen molar-refractivity contribution in [3.8, 4) is 0 Å². The third-order valence-corrected chi connectivity index (χ3v) is 4.30. The van der Waals surface area contributed by atoms with Gasteiger partial charge in [-0.25, -0.2) is 4.79 Å². The summed E-state index contributed by atoms with van der Waals surface area (Å²) in [5.41, 5.74) is 0.545. The highest BCUT2D eigenvalue weighted by atomic mass is 16.3. The molecule has 0 radical (unpaired) electrons. The maximum Gasteiger partial charge on any atom is 0.317 e. The molecule has 22 heavy (non-hydrogen) atoms. The fourth-order valence-corrected chi connectivity index (χ4v) is 3.23. The Bertz CT molecular complexity index is 474. The Kier molecular flexibility index (Phi) is 5.46. The molecule has 0 saturated heterocycles. The molecule has 0 unspecified atom stereocenters. The Hall–Kier alpha value is -1.55. The normalized spacial score (nSPS) is 22.2. The predicted octanol–water partition coefficient (Wildman–Crippen LogP) is 3.13. The molecule has 2 N–H and O–H groups in total. The average molecular weight is 304 g/mol.